The number of halogens is 1. The molecule has 0 fully saturated rings. The molecular formula is C10H11BrO3. The van der Waals surface area contributed by atoms with Gasteiger partial charge in [-0.05, 0) is 17.7 Å². The Bertz CT molecular complexity index is 336. The molecule has 0 bridgehead atoms. The number of methoxy groups -OCH3 is 1. The summed E-state index contributed by atoms with van der Waals surface area (Å²) in [6.45, 7) is -0.0564. The Balaban J connectivity index is 3.11. The van der Waals surface area contributed by atoms with Crippen LogP contribution < -0.4 is 4.74 Å². The van der Waals surface area contributed by atoms with E-state index in [0.29, 0.717) is 11.3 Å². The molecule has 0 saturated carbocycles. The lowest BCUT2D eigenvalue weighted by Gasteiger charge is -2.07. The molecule has 0 unspecified atom stereocenters. The van der Waals surface area contributed by atoms with Gasteiger partial charge in [0, 0.05) is 0 Å². The normalized spacial score (nSPS) is 9.93. The van der Waals surface area contributed by atoms with Crippen LogP contribution in [-0.2, 0) is 6.61 Å². The van der Waals surface area contributed by atoms with E-state index in [0.717, 1.165) is 5.56 Å². The number of Topliss-reactive ketones (excluding diaryl/α,β-unsaturated/α-hetero) is 1. The molecule has 0 heterocycles. The first-order chi connectivity index (χ1) is 6.72. The zero-order valence-electron chi connectivity index (χ0n) is 7.79. The molecular weight excluding hydrogens is 248 g/mol. The highest BCUT2D eigenvalue weighted by atomic mass is 79.9. The molecule has 0 atom stereocenters. The van der Waals surface area contributed by atoms with E-state index >= 15 is 0 Å². The number of carbonyl (C=O) groups is 1. The molecule has 76 valence electrons. The molecule has 0 saturated heterocycles. The van der Waals surface area contributed by atoms with Crippen molar-refractivity contribution in [3.8, 4) is 5.75 Å². The van der Waals surface area contributed by atoms with Crippen molar-refractivity contribution < 1.29 is 14.6 Å². The molecule has 1 N–H and O–H groups in total. The molecule has 3 nitrogen and oxygen atoms in total. The number of rotatable bonds is 4. The van der Waals surface area contributed by atoms with E-state index in [1.54, 1.807) is 18.2 Å². The summed E-state index contributed by atoms with van der Waals surface area (Å²) in [7, 11) is 1.50. The molecule has 1 aromatic carbocycles. The molecule has 0 aliphatic heterocycles. The third-order valence-electron chi connectivity index (χ3n) is 1.87. The van der Waals surface area contributed by atoms with Crippen molar-refractivity contribution in [3.63, 3.8) is 0 Å². The predicted octanol–water partition coefficient (Wildman–Crippen LogP) is 1.77. The van der Waals surface area contributed by atoms with Gasteiger partial charge in [0.25, 0.3) is 0 Å². The van der Waals surface area contributed by atoms with Crippen LogP contribution in [0.2, 0.25) is 0 Å². The number of ether oxygens (including phenoxy) is 1. The molecule has 1 rings (SSSR count). The van der Waals surface area contributed by atoms with Gasteiger partial charge in [0.05, 0.1) is 24.6 Å². The molecule has 1 aromatic rings. The van der Waals surface area contributed by atoms with Crippen LogP contribution in [0, 0.1) is 0 Å². The summed E-state index contributed by atoms with van der Waals surface area (Å²) in [6.07, 6.45) is 0. The second-order valence-electron chi connectivity index (χ2n) is 2.75. The van der Waals surface area contributed by atoms with Crippen LogP contribution in [0.25, 0.3) is 0 Å². The second kappa shape index (κ2) is 5.12. The average molecular weight is 259 g/mol. The SMILES string of the molecule is COc1cc(CO)ccc1C(=O)CBr. The van der Waals surface area contributed by atoms with Crippen molar-refractivity contribution in [2.75, 3.05) is 12.4 Å². The third kappa shape index (κ3) is 2.33. The van der Waals surface area contributed by atoms with Gasteiger partial charge in [-0.1, -0.05) is 22.0 Å². The quantitative estimate of drug-likeness (QED) is 0.662. The van der Waals surface area contributed by atoms with Crippen molar-refractivity contribution in [1.29, 1.82) is 0 Å². The van der Waals surface area contributed by atoms with E-state index in [2.05, 4.69) is 15.9 Å². The highest BCUT2D eigenvalue weighted by Crippen LogP contribution is 2.21. The summed E-state index contributed by atoms with van der Waals surface area (Å²) in [6, 6.07) is 5.03. The van der Waals surface area contributed by atoms with Crippen LogP contribution in [0.1, 0.15) is 15.9 Å². The van der Waals surface area contributed by atoms with Crippen molar-refractivity contribution in [3.05, 3.63) is 29.3 Å². The summed E-state index contributed by atoms with van der Waals surface area (Å²) in [5.41, 5.74) is 1.26. The number of carbonyl (C=O) groups excluding carboxylic acids is 1. The highest BCUT2D eigenvalue weighted by Gasteiger charge is 2.10. The minimum absolute atomic E-state index is 0.0358. The van der Waals surface area contributed by atoms with E-state index in [4.69, 9.17) is 9.84 Å². The lowest BCUT2D eigenvalue weighted by atomic mass is 10.1. The van der Waals surface area contributed by atoms with Crippen LogP contribution in [0.4, 0.5) is 0 Å². The molecule has 0 aliphatic carbocycles. The van der Waals surface area contributed by atoms with Gasteiger partial charge in [0.2, 0.25) is 0 Å². The maximum absolute atomic E-state index is 11.4. The van der Waals surface area contributed by atoms with Gasteiger partial charge in [0.15, 0.2) is 5.78 Å². The predicted molar refractivity (Wildman–Crippen MR) is 57.0 cm³/mol. The minimum atomic E-state index is -0.0564. The average Bonchev–Trinajstić information content (AvgIpc) is 2.27. The molecule has 0 radical (unpaired) electrons. The lowest BCUT2D eigenvalue weighted by molar-refractivity contribution is 0.102. The Kier molecular flexibility index (Phi) is 4.10. The number of aliphatic hydroxyl groups is 1. The summed E-state index contributed by atoms with van der Waals surface area (Å²) in [5.74, 6) is 0.465. The van der Waals surface area contributed by atoms with Gasteiger partial charge in [-0.25, -0.2) is 0 Å². The number of ketones is 1. The second-order valence-corrected chi connectivity index (χ2v) is 3.31. The van der Waals surface area contributed by atoms with E-state index in [1.165, 1.54) is 7.11 Å². The first-order valence-electron chi connectivity index (χ1n) is 4.10. The molecule has 4 heteroatoms. The lowest BCUT2D eigenvalue weighted by Crippen LogP contribution is -2.03. The molecule has 14 heavy (non-hydrogen) atoms. The molecule has 0 aromatic heterocycles. The fourth-order valence-electron chi connectivity index (χ4n) is 1.14. The number of benzene rings is 1. The number of alkyl halides is 1. The van der Waals surface area contributed by atoms with E-state index < -0.39 is 0 Å². The monoisotopic (exact) mass is 258 g/mol. The van der Waals surface area contributed by atoms with E-state index in [1.807, 2.05) is 0 Å². The van der Waals surface area contributed by atoms with Crippen molar-refractivity contribution in [2.24, 2.45) is 0 Å². The standard InChI is InChI=1S/C10H11BrO3/c1-14-10-4-7(6-12)2-3-8(10)9(13)5-11/h2-4,12H,5-6H2,1H3. The highest BCUT2D eigenvalue weighted by molar-refractivity contribution is 9.09. The zero-order chi connectivity index (χ0) is 10.6. The molecule has 0 spiro atoms. The zero-order valence-corrected chi connectivity index (χ0v) is 9.37. The van der Waals surface area contributed by atoms with Crippen LogP contribution in [0.3, 0.4) is 0 Å². The first kappa shape index (κ1) is 11.2. The van der Waals surface area contributed by atoms with Crippen molar-refractivity contribution in [1.82, 2.24) is 0 Å². The minimum Gasteiger partial charge on any atom is -0.496 e. The van der Waals surface area contributed by atoms with Gasteiger partial charge < -0.3 is 9.84 Å². The van der Waals surface area contributed by atoms with Crippen molar-refractivity contribution in [2.45, 2.75) is 6.61 Å². The molecule has 0 amide bonds. The van der Waals surface area contributed by atoms with Crippen LogP contribution >= 0.6 is 15.9 Å². The van der Waals surface area contributed by atoms with Crippen LogP contribution in [0.15, 0.2) is 18.2 Å². The fourth-order valence-corrected chi connectivity index (χ4v) is 1.44. The summed E-state index contributed by atoms with van der Waals surface area (Å²) in [4.78, 5) is 11.4. The number of aliphatic hydroxyl groups excluding tert-OH is 1. The first-order valence-corrected chi connectivity index (χ1v) is 5.22. The van der Waals surface area contributed by atoms with Crippen LogP contribution in [0.5, 0.6) is 5.75 Å². The van der Waals surface area contributed by atoms with Gasteiger partial charge in [-0.3, -0.25) is 4.79 Å². The van der Waals surface area contributed by atoms with Gasteiger partial charge in [0.1, 0.15) is 5.75 Å². The number of hydrogen-bond acceptors (Lipinski definition) is 3. The maximum atomic E-state index is 11.4. The topological polar surface area (TPSA) is 46.5 Å². The van der Waals surface area contributed by atoms with Gasteiger partial charge in [-0.2, -0.15) is 0 Å². The van der Waals surface area contributed by atoms with E-state index in [-0.39, 0.29) is 17.7 Å². The maximum Gasteiger partial charge on any atom is 0.177 e. The Hall–Kier alpha value is -0.870. The Labute approximate surface area is 90.8 Å². The smallest absolute Gasteiger partial charge is 0.177 e. The fraction of sp³-hybridized carbons (Fsp3) is 0.300. The molecule has 0 aliphatic rings. The Morgan fingerprint density at radius 2 is 2.29 bits per heavy atom. The third-order valence-corrected chi connectivity index (χ3v) is 2.38. The summed E-state index contributed by atoms with van der Waals surface area (Å²) in [5, 5.41) is 9.16. The van der Waals surface area contributed by atoms with Crippen LogP contribution in [-0.4, -0.2) is 23.3 Å². The Morgan fingerprint density at radius 1 is 1.57 bits per heavy atom. The van der Waals surface area contributed by atoms with Gasteiger partial charge >= 0.3 is 0 Å². The van der Waals surface area contributed by atoms with Gasteiger partial charge in [-0.15, -0.1) is 0 Å². The summed E-state index contributed by atoms with van der Waals surface area (Å²) < 4.78 is 5.06. The van der Waals surface area contributed by atoms with Crippen molar-refractivity contribution >= 4 is 21.7 Å². The van der Waals surface area contributed by atoms with E-state index in [9.17, 15) is 4.79 Å². The number of hydrogen-bond donors (Lipinski definition) is 1. The summed E-state index contributed by atoms with van der Waals surface area (Å²) >= 11 is 3.10. The largest absolute Gasteiger partial charge is 0.496 e. The Morgan fingerprint density at radius 3 is 2.79 bits per heavy atom.